The van der Waals surface area contributed by atoms with Gasteiger partial charge in [0.25, 0.3) is 0 Å². The Hall–Kier alpha value is -1.31. The molecule has 0 atom stereocenters. The number of ether oxygens (including phenoxy) is 1. The number of hydrogen-bond acceptors (Lipinski definition) is 6. The number of anilines is 2. The zero-order chi connectivity index (χ0) is 13.8. The minimum absolute atomic E-state index is 0.459. The van der Waals surface area contributed by atoms with Gasteiger partial charge in [-0.05, 0) is 28.1 Å². The second-order valence-corrected chi connectivity index (χ2v) is 5.52. The Bertz CT molecular complexity index is 617. The molecule has 1 heterocycles. The molecule has 0 aliphatic carbocycles. The van der Waals surface area contributed by atoms with Crippen molar-refractivity contribution >= 4 is 56.0 Å². The summed E-state index contributed by atoms with van der Waals surface area (Å²) in [7, 11) is 1.58. The fourth-order valence-corrected chi connectivity index (χ4v) is 2.44. The van der Waals surface area contributed by atoms with Crippen LogP contribution in [0.3, 0.4) is 0 Å². The molecule has 0 aliphatic heterocycles. The summed E-state index contributed by atoms with van der Waals surface area (Å²) in [5.74, 6) is 1.10. The number of nitrogens with one attached hydrogen (secondary N) is 1. The van der Waals surface area contributed by atoms with Crippen molar-refractivity contribution < 1.29 is 4.74 Å². The molecule has 0 saturated carbocycles. The molecule has 2 aromatic rings. The molecule has 3 N–H and O–H groups in total. The van der Waals surface area contributed by atoms with Crippen LogP contribution in [0.5, 0.6) is 5.75 Å². The summed E-state index contributed by atoms with van der Waals surface area (Å²) >= 11 is 10.9. The zero-order valence-electron chi connectivity index (χ0n) is 9.85. The third kappa shape index (κ3) is 3.37. The highest BCUT2D eigenvalue weighted by Gasteiger charge is 2.09. The van der Waals surface area contributed by atoms with Crippen LogP contribution in [0.1, 0.15) is 5.56 Å². The Morgan fingerprint density at radius 2 is 2.37 bits per heavy atom. The van der Waals surface area contributed by atoms with Gasteiger partial charge in [0.1, 0.15) is 11.6 Å². The molecule has 1 aromatic carbocycles. The average Bonchev–Trinajstić information content (AvgIpc) is 2.80. The van der Waals surface area contributed by atoms with Gasteiger partial charge in [0.15, 0.2) is 0 Å². The van der Waals surface area contributed by atoms with Crippen LogP contribution in [-0.2, 0) is 0 Å². The minimum Gasteiger partial charge on any atom is -0.496 e. The Morgan fingerprint density at radius 1 is 1.58 bits per heavy atom. The fraction of sp³-hybridized carbons (Fsp3) is 0.0909. The normalized spacial score (nSPS) is 10.9. The van der Waals surface area contributed by atoms with E-state index in [1.807, 2.05) is 6.07 Å². The van der Waals surface area contributed by atoms with E-state index < -0.39 is 0 Å². The largest absolute Gasteiger partial charge is 0.496 e. The Morgan fingerprint density at radius 3 is 3.00 bits per heavy atom. The predicted molar refractivity (Wildman–Crippen MR) is 83.4 cm³/mol. The smallest absolute Gasteiger partial charge is 0.205 e. The maximum Gasteiger partial charge on any atom is 0.205 e. The van der Waals surface area contributed by atoms with Crippen LogP contribution >= 0.6 is 38.9 Å². The van der Waals surface area contributed by atoms with Gasteiger partial charge < -0.3 is 10.5 Å². The Kier molecular flexibility index (Phi) is 4.62. The molecule has 0 radical (unpaired) electrons. The Labute approximate surface area is 127 Å². The van der Waals surface area contributed by atoms with E-state index in [4.69, 9.17) is 22.1 Å². The third-order valence-electron chi connectivity index (χ3n) is 2.19. The standard InChI is InChI=1S/C11H10BrClN4OS/c1-18-8-3-2-7(12)10(13)6(8)4-15-17-11-16-9(14)5-19-11/h2-5H,14H2,1H3,(H,16,17). The summed E-state index contributed by atoms with van der Waals surface area (Å²) in [6.07, 6.45) is 1.57. The predicted octanol–water partition coefficient (Wildman–Crippen LogP) is 3.60. The Balaban J connectivity index is 2.20. The van der Waals surface area contributed by atoms with Gasteiger partial charge in [-0.2, -0.15) is 5.10 Å². The van der Waals surface area contributed by atoms with Crippen molar-refractivity contribution in [1.82, 2.24) is 4.98 Å². The quantitative estimate of drug-likeness (QED) is 0.645. The topological polar surface area (TPSA) is 72.5 Å². The van der Waals surface area contributed by atoms with Crippen LogP contribution in [0, 0.1) is 0 Å². The molecule has 0 bridgehead atoms. The molecular weight excluding hydrogens is 352 g/mol. The van der Waals surface area contributed by atoms with E-state index in [1.54, 1.807) is 24.8 Å². The first-order valence-corrected chi connectivity index (χ1v) is 7.19. The van der Waals surface area contributed by atoms with Crippen LogP contribution in [0.25, 0.3) is 0 Å². The van der Waals surface area contributed by atoms with Gasteiger partial charge in [0, 0.05) is 9.85 Å². The summed E-state index contributed by atoms with van der Waals surface area (Å²) in [5.41, 5.74) is 8.97. The van der Waals surface area contributed by atoms with Gasteiger partial charge in [-0.25, -0.2) is 4.98 Å². The van der Waals surface area contributed by atoms with Crippen LogP contribution in [0.15, 0.2) is 27.1 Å². The van der Waals surface area contributed by atoms with E-state index in [9.17, 15) is 0 Å². The first-order valence-electron chi connectivity index (χ1n) is 5.14. The summed E-state index contributed by atoms with van der Waals surface area (Å²) in [5, 5.41) is 6.94. The van der Waals surface area contributed by atoms with Gasteiger partial charge in [0.2, 0.25) is 5.13 Å². The third-order valence-corrected chi connectivity index (χ3v) is 4.25. The summed E-state index contributed by atoms with van der Waals surface area (Å²) in [6, 6.07) is 3.62. The SMILES string of the molecule is COc1ccc(Br)c(Cl)c1C=NNc1nc(N)cs1. The summed E-state index contributed by atoms with van der Waals surface area (Å²) < 4.78 is 6.00. The van der Waals surface area contributed by atoms with Crippen molar-refractivity contribution in [2.24, 2.45) is 5.10 Å². The number of nitrogen functional groups attached to an aromatic ring is 1. The van der Waals surface area contributed by atoms with Crippen molar-refractivity contribution in [2.75, 3.05) is 18.3 Å². The summed E-state index contributed by atoms with van der Waals surface area (Å²) in [4.78, 5) is 4.02. The van der Waals surface area contributed by atoms with Gasteiger partial charge in [-0.3, -0.25) is 5.43 Å². The minimum atomic E-state index is 0.459. The number of nitrogens with zero attached hydrogens (tertiary/aromatic N) is 2. The highest BCUT2D eigenvalue weighted by atomic mass is 79.9. The monoisotopic (exact) mass is 360 g/mol. The van der Waals surface area contributed by atoms with Crippen LogP contribution in [0.4, 0.5) is 10.9 Å². The van der Waals surface area contributed by atoms with Gasteiger partial charge >= 0.3 is 0 Å². The maximum absolute atomic E-state index is 6.18. The average molecular weight is 362 g/mol. The number of rotatable bonds is 4. The fourth-order valence-electron chi connectivity index (χ4n) is 1.34. The molecule has 1 aromatic heterocycles. The van der Waals surface area contributed by atoms with E-state index in [1.165, 1.54) is 11.3 Å². The molecule has 0 fully saturated rings. The van der Waals surface area contributed by atoms with Crippen LogP contribution in [0.2, 0.25) is 5.02 Å². The lowest BCUT2D eigenvalue weighted by molar-refractivity contribution is 0.414. The lowest BCUT2D eigenvalue weighted by Gasteiger charge is -2.07. The highest BCUT2D eigenvalue weighted by Crippen LogP contribution is 2.31. The number of aromatic nitrogens is 1. The molecule has 2 rings (SSSR count). The second-order valence-electron chi connectivity index (χ2n) is 3.42. The van der Waals surface area contributed by atoms with E-state index in [0.29, 0.717) is 27.3 Å². The number of benzene rings is 1. The van der Waals surface area contributed by atoms with Crippen molar-refractivity contribution in [2.45, 2.75) is 0 Å². The maximum atomic E-state index is 6.18. The van der Waals surface area contributed by atoms with Crippen molar-refractivity contribution in [3.63, 3.8) is 0 Å². The molecule has 5 nitrogen and oxygen atoms in total. The number of hydrogen-bond donors (Lipinski definition) is 2. The van der Waals surface area contributed by atoms with Gasteiger partial charge in [0.05, 0.1) is 23.9 Å². The lowest BCUT2D eigenvalue weighted by Crippen LogP contribution is -1.95. The first-order chi connectivity index (χ1) is 9.11. The van der Waals surface area contributed by atoms with Gasteiger partial charge in [-0.15, -0.1) is 11.3 Å². The number of thiazole rings is 1. The molecule has 0 unspecified atom stereocenters. The molecule has 8 heteroatoms. The van der Waals surface area contributed by atoms with E-state index in [0.717, 1.165) is 4.47 Å². The molecule has 0 amide bonds. The lowest BCUT2D eigenvalue weighted by atomic mass is 10.2. The molecule has 0 aliphatic rings. The van der Waals surface area contributed by atoms with Crippen molar-refractivity contribution in [3.8, 4) is 5.75 Å². The molecule has 19 heavy (non-hydrogen) atoms. The van der Waals surface area contributed by atoms with Crippen molar-refractivity contribution in [3.05, 3.63) is 32.6 Å². The highest BCUT2D eigenvalue weighted by molar-refractivity contribution is 9.10. The van der Waals surface area contributed by atoms with E-state index in [-0.39, 0.29) is 0 Å². The summed E-state index contributed by atoms with van der Waals surface area (Å²) in [6.45, 7) is 0. The van der Waals surface area contributed by atoms with E-state index in [2.05, 4.69) is 31.4 Å². The van der Waals surface area contributed by atoms with Gasteiger partial charge in [-0.1, -0.05) is 11.6 Å². The van der Waals surface area contributed by atoms with Crippen LogP contribution in [-0.4, -0.2) is 18.3 Å². The molecule has 0 spiro atoms. The zero-order valence-corrected chi connectivity index (χ0v) is 13.0. The van der Waals surface area contributed by atoms with Crippen LogP contribution < -0.4 is 15.9 Å². The second kappa shape index (κ2) is 6.23. The number of methoxy groups -OCH3 is 1. The number of halogens is 2. The van der Waals surface area contributed by atoms with E-state index >= 15 is 0 Å². The first kappa shape index (κ1) is 14.1. The molecular formula is C11H10BrClN4OS. The number of nitrogens with two attached hydrogens (primary N) is 1. The van der Waals surface area contributed by atoms with Crippen molar-refractivity contribution in [1.29, 1.82) is 0 Å². The molecule has 0 saturated heterocycles. The number of hydrazone groups is 1. The molecule has 100 valence electrons.